The van der Waals surface area contributed by atoms with Crippen LogP contribution in [0.15, 0.2) is 72.3 Å². The van der Waals surface area contributed by atoms with Gasteiger partial charge >= 0.3 is 0 Å². The highest BCUT2D eigenvalue weighted by atomic mass is 16.5. The summed E-state index contributed by atoms with van der Waals surface area (Å²) in [5.74, 6) is -0.578. The molecule has 7 nitrogen and oxygen atoms in total. The van der Waals surface area contributed by atoms with E-state index in [1.54, 1.807) is 42.5 Å². The number of benzene rings is 3. The molecule has 1 aliphatic rings. The molecular weight excluding hydrogens is 470 g/mol. The summed E-state index contributed by atoms with van der Waals surface area (Å²) in [5, 5.41) is 11.5. The fourth-order valence-corrected chi connectivity index (χ4v) is 4.55. The van der Waals surface area contributed by atoms with Gasteiger partial charge in [-0.15, -0.1) is 0 Å². The standard InChI is InChI=1S/C30H31NO6/c1-30(2,3)18-11-13-19(14-12-18)31-26(21-9-7-8-10-23(21)36-5)25(28(33)29(31)34)27(32)22-16-15-20(35-4)17-24(22)37-6/h7-17,26,32H,1-6H3/b27-25+. The van der Waals surface area contributed by atoms with Crippen LogP contribution in [0.5, 0.6) is 17.2 Å². The number of ketones is 1. The second kappa shape index (κ2) is 10.0. The van der Waals surface area contributed by atoms with E-state index in [4.69, 9.17) is 14.2 Å². The molecule has 0 aromatic heterocycles. The fourth-order valence-electron chi connectivity index (χ4n) is 4.55. The number of rotatable bonds is 6. The van der Waals surface area contributed by atoms with E-state index in [1.807, 2.05) is 24.3 Å². The maximum atomic E-state index is 13.5. The number of hydrogen-bond acceptors (Lipinski definition) is 6. The van der Waals surface area contributed by atoms with Crippen LogP contribution in [0.25, 0.3) is 5.76 Å². The summed E-state index contributed by atoms with van der Waals surface area (Å²) in [5.41, 5.74) is 2.32. The lowest BCUT2D eigenvalue weighted by molar-refractivity contribution is -0.132. The van der Waals surface area contributed by atoms with Crippen molar-refractivity contribution in [2.24, 2.45) is 0 Å². The van der Waals surface area contributed by atoms with Crippen LogP contribution in [0.3, 0.4) is 0 Å². The summed E-state index contributed by atoms with van der Waals surface area (Å²) in [4.78, 5) is 28.4. The molecule has 1 saturated heterocycles. The van der Waals surface area contributed by atoms with E-state index in [0.717, 1.165) is 5.56 Å². The number of carbonyl (C=O) groups excluding carboxylic acids is 2. The van der Waals surface area contributed by atoms with Gasteiger partial charge in [-0.1, -0.05) is 51.1 Å². The van der Waals surface area contributed by atoms with E-state index >= 15 is 0 Å². The van der Waals surface area contributed by atoms with Gasteiger partial charge in [0.1, 0.15) is 23.0 Å². The Hall–Kier alpha value is -4.26. The van der Waals surface area contributed by atoms with Crippen molar-refractivity contribution in [3.8, 4) is 17.2 Å². The molecule has 0 radical (unpaired) electrons. The summed E-state index contributed by atoms with van der Waals surface area (Å²) in [6.45, 7) is 6.31. The number of aliphatic hydroxyl groups excluding tert-OH is 1. The highest BCUT2D eigenvalue weighted by Crippen LogP contribution is 2.46. The van der Waals surface area contributed by atoms with Crippen molar-refractivity contribution in [2.75, 3.05) is 26.2 Å². The number of carbonyl (C=O) groups is 2. The number of para-hydroxylation sites is 1. The van der Waals surface area contributed by atoms with Gasteiger partial charge in [-0.25, -0.2) is 0 Å². The van der Waals surface area contributed by atoms with Gasteiger partial charge < -0.3 is 19.3 Å². The maximum Gasteiger partial charge on any atom is 0.300 e. The van der Waals surface area contributed by atoms with E-state index in [9.17, 15) is 14.7 Å². The zero-order valence-corrected chi connectivity index (χ0v) is 21.9. The molecule has 1 atom stereocenters. The molecule has 0 aliphatic carbocycles. The third kappa shape index (κ3) is 4.65. The Balaban J connectivity index is 1.97. The first-order valence-corrected chi connectivity index (χ1v) is 11.9. The van der Waals surface area contributed by atoms with Gasteiger partial charge in [-0.05, 0) is 41.3 Å². The predicted octanol–water partition coefficient (Wildman–Crippen LogP) is 5.64. The number of anilines is 1. The largest absolute Gasteiger partial charge is 0.507 e. The molecule has 7 heteroatoms. The van der Waals surface area contributed by atoms with Crippen molar-refractivity contribution in [1.29, 1.82) is 0 Å². The van der Waals surface area contributed by atoms with Crippen LogP contribution in [0.1, 0.15) is 43.5 Å². The van der Waals surface area contributed by atoms with Crippen molar-refractivity contribution in [3.63, 3.8) is 0 Å². The van der Waals surface area contributed by atoms with Gasteiger partial charge in [-0.2, -0.15) is 0 Å². The van der Waals surface area contributed by atoms with Crippen LogP contribution < -0.4 is 19.1 Å². The first-order valence-electron chi connectivity index (χ1n) is 11.9. The Labute approximate surface area is 216 Å². The van der Waals surface area contributed by atoms with Crippen LogP contribution in [0.4, 0.5) is 5.69 Å². The lowest BCUT2D eigenvalue weighted by atomic mass is 9.87. The highest BCUT2D eigenvalue weighted by Gasteiger charge is 2.48. The van der Waals surface area contributed by atoms with Crippen LogP contribution in [-0.2, 0) is 15.0 Å². The van der Waals surface area contributed by atoms with Crippen molar-refractivity contribution in [1.82, 2.24) is 0 Å². The second-order valence-electron chi connectivity index (χ2n) is 9.77. The summed E-state index contributed by atoms with van der Waals surface area (Å²) in [6.07, 6.45) is 0. The van der Waals surface area contributed by atoms with E-state index in [0.29, 0.717) is 28.5 Å². The molecular formula is C30H31NO6. The predicted molar refractivity (Wildman–Crippen MR) is 142 cm³/mol. The minimum absolute atomic E-state index is 0.0575. The molecule has 1 heterocycles. The zero-order valence-electron chi connectivity index (χ0n) is 21.9. The quantitative estimate of drug-likeness (QED) is 0.267. The smallest absolute Gasteiger partial charge is 0.300 e. The maximum absolute atomic E-state index is 13.5. The van der Waals surface area contributed by atoms with Crippen molar-refractivity contribution < 1.29 is 28.9 Å². The molecule has 0 bridgehead atoms. The molecule has 37 heavy (non-hydrogen) atoms. The normalized spacial score (nSPS) is 17.1. The topological polar surface area (TPSA) is 85.3 Å². The SMILES string of the molecule is COc1ccc(/C(O)=C2\C(=O)C(=O)N(c3ccc(C(C)(C)C)cc3)C2c2ccccc2OC)c(OC)c1. The van der Waals surface area contributed by atoms with Crippen LogP contribution in [0, 0.1) is 0 Å². The molecule has 0 spiro atoms. The first kappa shape index (κ1) is 25.8. The molecule has 1 aliphatic heterocycles. The number of hydrogen-bond donors (Lipinski definition) is 1. The second-order valence-corrected chi connectivity index (χ2v) is 9.77. The average molecular weight is 502 g/mol. The van der Waals surface area contributed by atoms with Gasteiger partial charge in [0.15, 0.2) is 0 Å². The monoisotopic (exact) mass is 501 g/mol. The Morgan fingerprint density at radius 3 is 2.08 bits per heavy atom. The molecule has 1 amide bonds. The number of Topliss-reactive ketones (excluding diaryl/α,β-unsaturated/α-hetero) is 1. The Morgan fingerprint density at radius 1 is 0.838 bits per heavy atom. The molecule has 0 saturated carbocycles. The van der Waals surface area contributed by atoms with Crippen LogP contribution in [0.2, 0.25) is 0 Å². The molecule has 1 N–H and O–H groups in total. The molecule has 4 rings (SSSR count). The zero-order chi connectivity index (χ0) is 26.9. The fraction of sp³-hybridized carbons (Fsp3) is 0.267. The first-order chi connectivity index (χ1) is 17.6. The lowest BCUT2D eigenvalue weighted by Crippen LogP contribution is -2.29. The van der Waals surface area contributed by atoms with Crippen LogP contribution in [-0.4, -0.2) is 38.1 Å². The third-order valence-electron chi connectivity index (χ3n) is 6.55. The van der Waals surface area contributed by atoms with Crippen LogP contribution >= 0.6 is 0 Å². The van der Waals surface area contributed by atoms with Gasteiger partial charge in [-0.3, -0.25) is 14.5 Å². The summed E-state index contributed by atoms with van der Waals surface area (Å²) in [7, 11) is 4.50. The Morgan fingerprint density at radius 2 is 1.49 bits per heavy atom. The molecule has 192 valence electrons. The molecule has 3 aromatic carbocycles. The van der Waals surface area contributed by atoms with Gasteiger partial charge in [0.2, 0.25) is 0 Å². The third-order valence-corrected chi connectivity index (χ3v) is 6.55. The lowest BCUT2D eigenvalue weighted by Gasteiger charge is -2.27. The van der Waals surface area contributed by atoms with Crippen molar-refractivity contribution >= 4 is 23.1 Å². The van der Waals surface area contributed by atoms with E-state index in [1.165, 1.54) is 26.2 Å². The number of methoxy groups -OCH3 is 3. The van der Waals surface area contributed by atoms with E-state index in [2.05, 4.69) is 20.8 Å². The minimum Gasteiger partial charge on any atom is -0.507 e. The number of amides is 1. The molecule has 1 unspecified atom stereocenters. The molecule has 1 fully saturated rings. The van der Waals surface area contributed by atoms with E-state index < -0.39 is 17.7 Å². The number of ether oxygens (including phenoxy) is 3. The van der Waals surface area contributed by atoms with Gasteiger partial charge in [0, 0.05) is 17.3 Å². The van der Waals surface area contributed by atoms with Crippen molar-refractivity contribution in [3.05, 3.63) is 89.0 Å². The van der Waals surface area contributed by atoms with Crippen molar-refractivity contribution in [2.45, 2.75) is 32.2 Å². The number of aliphatic hydroxyl groups is 1. The Bertz CT molecular complexity index is 1370. The van der Waals surface area contributed by atoms with Gasteiger partial charge in [0.05, 0.1) is 38.5 Å². The molecule has 3 aromatic rings. The summed E-state index contributed by atoms with van der Waals surface area (Å²) >= 11 is 0. The van der Waals surface area contributed by atoms with Gasteiger partial charge in [0.25, 0.3) is 11.7 Å². The summed E-state index contributed by atoms with van der Waals surface area (Å²) < 4.78 is 16.3. The average Bonchev–Trinajstić information content (AvgIpc) is 3.17. The Kier molecular flexibility index (Phi) is 6.99. The number of nitrogens with zero attached hydrogens (tertiary/aromatic N) is 1. The minimum atomic E-state index is -0.927. The highest BCUT2D eigenvalue weighted by molar-refractivity contribution is 6.51. The van der Waals surface area contributed by atoms with E-state index in [-0.39, 0.29) is 22.3 Å². The summed E-state index contributed by atoms with van der Waals surface area (Å²) in [6, 6.07) is 18.6.